The van der Waals surface area contributed by atoms with Gasteiger partial charge >= 0.3 is 0 Å². The molecule has 2 aromatic rings. The monoisotopic (exact) mass is 419 g/mol. The summed E-state index contributed by atoms with van der Waals surface area (Å²) in [7, 11) is -0.626. The van der Waals surface area contributed by atoms with Gasteiger partial charge in [-0.15, -0.1) is 0 Å². The van der Waals surface area contributed by atoms with E-state index in [2.05, 4.69) is 33.6 Å². The van der Waals surface area contributed by atoms with Crippen LogP contribution in [0.25, 0.3) is 0 Å². The number of para-hydroxylation sites is 1. The van der Waals surface area contributed by atoms with Gasteiger partial charge in [0.2, 0.25) is 10.0 Å². The second kappa shape index (κ2) is 9.47. The Morgan fingerprint density at radius 1 is 0.966 bits per heavy atom. The lowest BCUT2D eigenvalue weighted by Gasteiger charge is -2.39. The Morgan fingerprint density at radius 2 is 1.62 bits per heavy atom. The Labute approximate surface area is 173 Å². The van der Waals surface area contributed by atoms with Crippen molar-refractivity contribution in [3.8, 4) is 11.5 Å². The van der Waals surface area contributed by atoms with Crippen molar-refractivity contribution in [2.75, 3.05) is 51.8 Å². The van der Waals surface area contributed by atoms with Gasteiger partial charge in [-0.25, -0.2) is 13.1 Å². The minimum Gasteiger partial charge on any atom is -0.493 e. The van der Waals surface area contributed by atoms with Gasteiger partial charge in [0, 0.05) is 50.5 Å². The van der Waals surface area contributed by atoms with Crippen molar-refractivity contribution >= 4 is 15.7 Å². The van der Waals surface area contributed by atoms with Crippen LogP contribution >= 0.6 is 0 Å². The fraction of sp³-hybridized carbons (Fsp3) is 0.429. The van der Waals surface area contributed by atoms with Crippen LogP contribution in [0.2, 0.25) is 0 Å². The van der Waals surface area contributed by atoms with E-state index in [1.54, 1.807) is 6.07 Å². The fourth-order valence-electron chi connectivity index (χ4n) is 3.49. The molecule has 0 aromatic heterocycles. The molecule has 0 spiro atoms. The molecule has 1 N–H and O–H groups in total. The number of sulfonamides is 1. The molecular weight excluding hydrogens is 390 g/mol. The predicted octanol–water partition coefficient (Wildman–Crippen LogP) is 2.19. The van der Waals surface area contributed by atoms with Crippen molar-refractivity contribution in [1.29, 1.82) is 0 Å². The maximum Gasteiger partial charge on any atom is 0.240 e. The highest BCUT2D eigenvalue weighted by molar-refractivity contribution is 7.89. The molecule has 0 radical (unpaired) electrons. The molecule has 0 bridgehead atoms. The van der Waals surface area contributed by atoms with Crippen LogP contribution in [0.4, 0.5) is 5.69 Å². The maximum atomic E-state index is 12.7. The first kappa shape index (κ1) is 21.4. The number of nitrogens with zero attached hydrogens (tertiary/aromatic N) is 2. The SMILES string of the molecule is COc1ccc(S(=O)(=O)NC[C@@H](C)N2CCN(c3ccccc3)CC2)cc1OC. The second-order valence-electron chi connectivity index (χ2n) is 7.08. The summed E-state index contributed by atoms with van der Waals surface area (Å²) in [4.78, 5) is 4.84. The summed E-state index contributed by atoms with van der Waals surface area (Å²) in [5.41, 5.74) is 1.23. The number of piperazine rings is 1. The van der Waals surface area contributed by atoms with Crippen molar-refractivity contribution in [3.05, 3.63) is 48.5 Å². The highest BCUT2D eigenvalue weighted by Gasteiger charge is 2.23. The molecule has 2 aromatic carbocycles. The van der Waals surface area contributed by atoms with Gasteiger partial charge in [0.15, 0.2) is 11.5 Å². The van der Waals surface area contributed by atoms with Gasteiger partial charge in [0.25, 0.3) is 0 Å². The van der Waals surface area contributed by atoms with Gasteiger partial charge in [-0.1, -0.05) is 18.2 Å². The summed E-state index contributed by atoms with van der Waals surface area (Å²) >= 11 is 0. The van der Waals surface area contributed by atoms with Crippen molar-refractivity contribution in [3.63, 3.8) is 0 Å². The summed E-state index contributed by atoms with van der Waals surface area (Å²) in [6.45, 7) is 6.05. The van der Waals surface area contributed by atoms with Crippen molar-refractivity contribution in [1.82, 2.24) is 9.62 Å². The van der Waals surface area contributed by atoms with Crippen molar-refractivity contribution < 1.29 is 17.9 Å². The molecule has 158 valence electrons. The number of hydrogen-bond acceptors (Lipinski definition) is 6. The van der Waals surface area contributed by atoms with Gasteiger partial charge in [-0.2, -0.15) is 0 Å². The fourth-order valence-corrected chi connectivity index (χ4v) is 4.62. The van der Waals surface area contributed by atoms with Crippen LogP contribution in [0.15, 0.2) is 53.4 Å². The Balaban J connectivity index is 1.55. The van der Waals surface area contributed by atoms with Crippen LogP contribution in [0.3, 0.4) is 0 Å². The molecule has 3 rings (SSSR count). The third-order valence-electron chi connectivity index (χ3n) is 5.29. The highest BCUT2D eigenvalue weighted by atomic mass is 32.2. The van der Waals surface area contributed by atoms with Gasteiger partial charge in [-0.05, 0) is 31.2 Å². The largest absolute Gasteiger partial charge is 0.493 e. The van der Waals surface area contributed by atoms with E-state index in [1.165, 1.54) is 32.0 Å². The minimum absolute atomic E-state index is 0.0999. The molecule has 1 saturated heterocycles. The van der Waals surface area contributed by atoms with Crippen LogP contribution in [0.5, 0.6) is 11.5 Å². The third kappa shape index (κ3) is 5.20. The zero-order valence-electron chi connectivity index (χ0n) is 17.2. The van der Waals surface area contributed by atoms with E-state index < -0.39 is 10.0 Å². The Kier molecular flexibility index (Phi) is 7.00. The molecule has 0 aliphatic carbocycles. The summed E-state index contributed by atoms with van der Waals surface area (Å²) in [6.07, 6.45) is 0. The van der Waals surface area contributed by atoms with E-state index in [-0.39, 0.29) is 10.9 Å². The molecule has 1 aliphatic heterocycles. The Hall–Kier alpha value is -2.29. The molecule has 7 nitrogen and oxygen atoms in total. The lowest BCUT2D eigenvalue weighted by atomic mass is 10.2. The van der Waals surface area contributed by atoms with Crippen LogP contribution in [-0.2, 0) is 10.0 Å². The van der Waals surface area contributed by atoms with Gasteiger partial charge in [0.05, 0.1) is 19.1 Å². The van der Waals surface area contributed by atoms with Gasteiger partial charge in [-0.3, -0.25) is 4.90 Å². The Bertz CT molecular complexity index is 897. The van der Waals surface area contributed by atoms with Crippen LogP contribution in [-0.4, -0.2) is 66.3 Å². The smallest absolute Gasteiger partial charge is 0.240 e. The number of benzene rings is 2. The first-order valence-electron chi connectivity index (χ1n) is 9.70. The lowest BCUT2D eigenvalue weighted by Crippen LogP contribution is -2.52. The number of rotatable bonds is 8. The predicted molar refractivity (Wildman–Crippen MR) is 114 cm³/mol. The molecule has 1 fully saturated rings. The number of hydrogen-bond donors (Lipinski definition) is 1. The number of ether oxygens (including phenoxy) is 2. The normalized spacial score (nSPS) is 16.4. The van der Waals surface area contributed by atoms with Crippen molar-refractivity contribution in [2.24, 2.45) is 0 Å². The summed E-state index contributed by atoms with van der Waals surface area (Å²) in [6, 6.07) is 15.1. The number of anilines is 1. The molecular formula is C21H29N3O4S. The Morgan fingerprint density at radius 3 is 2.24 bits per heavy atom. The highest BCUT2D eigenvalue weighted by Crippen LogP contribution is 2.29. The molecule has 29 heavy (non-hydrogen) atoms. The van der Waals surface area contributed by atoms with Crippen LogP contribution in [0, 0.1) is 0 Å². The van der Waals surface area contributed by atoms with E-state index in [0.29, 0.717) is 18.0 Å². The zero-order valence-corrected chi connectivity index (χ0v) is 18.0. The minimum atomic E-state index is -3.63. The topological polar surface area (TPSA) is 71.1 Å². The standard InChI is InChI=1S/C21H29N3O4S/c1-17(23-11-13-24(14-12-23)18-7-5-4-6-8-18)16-22-29(25,26)19-9-10-20(27-2)21(15-19)28-3/h4-10,15,17,22H,11-14,16H2,1-3H3/t17-/m1/s1. The average Bonchev–Trinajstić information content (AvgIpc) is 2.77. The summed E-state index contributed by atoms with van der Waals surface area (Å²) < 4.78 is 38.5. The van der Waals surface area contributed by atoms with Gasteiger partial charge < -0.3 is 14.4 Å². The van der Waals surface area contributed by atoms with E-state index in [9.17, 15) is 8.42 Å². The molecule has 0 unspecified atom stereocenters. The van der Waals surface area contributed by atoms with E-state index in [0.717, 1.165) is 26.2 Å². The summed E-state index contributed by atoms with van der Waals surface area (Å²) in [5, 5.41) is 0. The van der Waals surface area contributed by atoms with E-state index in [4.69, 9.17) is 9.47 Å². The van der Waals surface area contributed by atoms with Crippen LogP contribution in [0.1, 0.15) is 6.92 Å². The lowest BCUT2D eigenvalue weighted by molar-refractivity contribution is 0.198. The van der Waals surface area contributed by atoms with Crippen molar-refractivity contribution in [2.45, 2.75) is 17.9 Å². The second-order valence-corrected chi connectivity index (χ2v) is 8.84. The number of nitrogens with one attached hydrogen (secondary N) is 1. The maximum absolute atomic E-state index is 12.7. The molecule has 1 atom stereocenters. The van der Waals surface area contributed by atoms with E-state index >= 15 is 0 Å². The van der Waals surface area contributed by atoms with E-state index in [1.807, 2.05) is 18.2 Å². The first-order chi connectivity index (χ1) is 13.9. The molecule has 0 saturated carbocycles. The molecule has 8 heteroatoms. The first-order valence-corrected chi connectivity index (χ1v) is 11.2. The van der Waals surface area contributed by atoms with Crippen LogP contribution < -0.4 is 19.1 Å². The third-order valence-corrected chi connectivity index (χ3v) is 6.71. The molecule has 1 heterocycles. The average molecular weight is 420 g/mol. The zero-order chi connectivity index (χ0) is 20.9. The summed E-state index contributed by atoms with van der Waals surface area (Å²) in [5.74, 6) is 0.886. The molecule has 1 aliphatic rings. The van der Waals surface area contributed by atoms with Gasteiger partial charge in [0.1, 0.15) is 0 Å². The molecule has 0 amide bonds. The quantitative estimate of drug-likeness (QED) is 0.707. The number of methoxy groups -OCH3 is 2.